The van der Waals surface area contributed by atoms with Gasteiger partial charge < -0.3 is 19.4 Å². The van der Waals surface area contributed by atoms with E-state index in [1.807, 2.05) is 23.1 Å². The van der Waals surface area contributed by atoms with Gasteiger partial charge in [0.05, 0.1) is 7.11 Å². The molecule has 0 aliphatic carbocycles. The average molecular weight is 457 g/mol. The molecule has 3 fully saturated rings. The van der Waals surface area contributed by atoms with Crippen LogP contribution < -0.4 is 19.4 Å². The number of amides is 2. The van der Waals surface area contributed by atoms with Gasteiger partial charge in [0, 0.05) is 57.4 Å². The molecule has 5 rings (SSSR count). The first-order valence-corrected chi connectivity index (χ1v) is 12.0. The maximum atomic E-state index is 13.4. The van der Waals surface area contributed by atoms with E-state index < -0.39 is 0 Å². The van der Waals surface area contributed by atoms with Gasteiger partial charge in [-0.1, -0.05) is 17.4 Å². The van der Waals surface area contributed by atoms with Crippen LogP contribution in [-0.2, 0) is 9.59 Å². The number of piperazine rings is 1. The molecule has 4 heterocycles. The maximum absolute atomic E-state index is 13.4. The molecule has 170 valence electrons. The molecule has 0 radical (unpaired) electrons. The van der Waals surface area contributed by atoms with E-state index in [2.05, 4.69) is 26.1 Å². The van der Waals surface area contributed by atoms with Gasteiger partial charge in [-0.15, -0.1) is 10.2 Å². The number of anilines is 3. The van der Waals surface area contributed by atoms with Gasteiger partial charge in [0.25, 0.3) is 0 Å². The summed E-state index contributed by atoms with van der Waals surface area (Å²) in [4.78, 5) is 33.5. The molecular weight excluding hydrogens is 428 g/mol. The quantitative estimate of drug-likeness (QED) is 0.681. The molecule has 3 aliphatic rings. The lowest BCUT2D eigenvalue weighted by Gasteiger charge is -2.38. The van der Waals surface area contributed by atoms with Gasteiger partial charge in [-0.25, -0.2) is 0 Å². The van der Waals surface area contributed by atoms with Crippen LogP contribution in [0.2, 0.25) is 0 Å². The summed E-state index contributed by atoms with van der Waals surface area (Å²) < 4.78 is 5.34. The molecule has 3 aliphatic heterocycles. The number of benzene rings is 1. The summed E-state index contributed by atoms with van der Waals surface area (Å²) in [6.07, 6.45) is 3.21. The molecule has 0 N–H and O–H groups in total. The fourth-order valence-electron chi connectivity index (χ4n) is 4.74. The smallest absolute Gasteiger partial charge is 0.245 e. The predicted molar refractivity (Wildman–Crippen MR) is 124 cm³/mol. The number of rotatable bonds is 5. The third kappa shape index (κ3) is 3.99. The molecular formula is C22H28N6O3S. The highest BCUT2D eigenvalue weighted by Crippen LogP contribution is 2.34. The molecule has 1 unspecified atom stereocenters. The normalized spacial score (nSPS) is 21.5. The third-order valence-electron chi connectivity index (χ3n) is 6.50. The van der Waals surface area contributed by atoms with Crippen molar-refractivity contribution in [2.24, 2.45) is 0 Å². The first-order valence-electron chi connectivity index (χ1n) is 11.2. The van der Waals surface area contributed by atoms with Crippen LogP contribution in [0.15, 0.2) is 24.3 Å². The van der Waals surface area contributed by atoms with E-state index in [-0.39, 0.29) is 17.9 Å². The van der Waals surface area contributed by atoms with Gasteiger partial charge in [0.2, 0.25) is 22.1 Å². The van der Waals surface area contributed by atoms with Gasteiger partial charge in [-0.3, -0.25) is 14.5 Å². The number of aromatic nitrogens is 2. The second-order valence-electron chi connectivity index (χ2n) is 8.38. The average Bonchev–Trinajstić information content (AvgIpc) is 3.59. The lowest BCUT2D eigenvalue weighted by Crippen LogP contribution is -2.53. The summed E-state index contributed by atoms with van der Waals surface area (Å²) >= 11 is 1.42. The fraction of sp³-hybridized carbons (Fsp3) is 0.545. The van der Waals surface area contributed by atoms with E-state index in [4.69, 9.17) is 4.74 Å². The Morgan fingerprint density at radius 2 is 1.88 bits per heavy atom. The minimum absolute atomic E-state index is 0.107. The van der Waals surface area contributed by atoms with Crippen molar-refractivity contribution in [3.05, 3.63) is 24.3 Å². The van der Waals surface area contributed by atoms with Gasteiger partial charge in [-0.05, 0) is 31.4 Å². The molecule has 0 saturated carbocycles. The zero-order chi connectivity index (χ0) is 22.1. The molecule has 1 aromatic carbocycles. The summed E-state index contributed by atoms with van der Waals surface area (Å²) in [5, 5.41) is 9.97. The van der Waals surface area contributed by atoms with Crippen molar-refractivity contribution in [3.63, 3.8) is 0 Å². The summed E-state index contributed by atoms with van der Waals surface area (Å²) in [6, 6.07) is 7.85. The molecule has 2 aromatic rings. The van der Waals surface area contributed by atoms with Crippen molar-refractivity contribution in [2.45, 2.75) is 31.7 Å². The number of methoxy groups -OCH3 is 1. The van der Waals surface area contributed by atoms with Crippen molar-refractivity contribution in [3.8, 4) is 5.75 Å². The lowest BCUT2D eigenvalue weighted by atomic mass is 10.1. The second kappa shape index (κ2) is 8.93. The van der Waals surface area contributed by atoms with Gasteiger partial charge in [-0.2, -0.15) is 0 Å². The molecule has 1 aromatic heterocycles. The summed E-state index contributed by atoms with van der Waals surface area (Å²) in [5.41, 5.74) is 1.12. The van der Waals surface area contributed by atoms with Crippen molar-refractivity contribution in [1.29, 1.82) is 0 Å². The summed E-state index contributed by atoms with van der Waals surface area (Å²) in [6.45, 7) is 4.49. The first-order chi connectivity index (χ1) is 15.6. The third-order valence-corrected chi connectivity index (χ3v) is 7.48. The maximum Gasteiger partial charge on any atom is 0.245 e. The summed E-state index contributed by atoms with van der Waals surface area (Å²) in [5.74, 6) is 1.12. The minimum Gasteiger partial charge on any atom is -0.497 e. The van der Waals surface area contributed by atoms with Crippen LogP contribution in [0.25, 0.3) is 0 Å². The molecule has 1 atom stereocenters. The van der Waals surface area contributed by atoms with Crippen LogP contribution in [0.5, 0.6) is 5.75 Å². The number of carbonyl (C=O) groups excluding carboxylic acids is 2. The Balaban J connectivity index is 1.23. The zero-order valence-electron chi connectivity index (χ0n) is 18.3. The Morgan fingerprint density at radius 1 is 1.06 bits per heavy atom. The highest BCUT2D eigenvalue weighted by Gasteiger charge is 2.37. The molecule has 0 bridgehead atoms. The Hall–Kier alpha value is -2.88. The van der Waals surface area contributed by atoms with Crippen molar-refractivity contribution in [2.75, 3.05) is 61.1 Å². The topological polar surface area (TPSA) is 82.1 Å². The van der Waals surface area contributed by atoms with Gasteiger partial charge in [0.15, 0.2) is 0 Å². The first kappa shape index (κ1) is 21.0. The zero-order valence-corrected chi connectivity index (χ0v) is 19.1. The molecule has 0 spiro atoms. The number of carbonyl (C=O) groups is 2. The molecule has 10 heteroatoms. The van der Waals surface area contributed by atoms with Crippen LogP contribution in [0.3, 0.4) is 0 Å². The van der Waals surface area contributed by atoms with Crippen LogP contribution in [0.4, 0.5) is 16.0 Å². The van der Waals surface area contributed by atoms with Crippen LogP contribution in [0, 0.1) is 0 Å². The number of ether oxygens (including phenoxy) is 1. The Kier molecular flexibility index (Phi) is 5.86. The molecule has 9 nitrogen and oxygen atoms in total. The van der Waals surface area contributed by atoms with Gasteiger partial charge in [0.1, 0.15) is 11.8 Å². The van der Waals surface area contributed by atoms with Crippen LogP contribution >= 0.6 is 11.3 Å². The highest BCUT2D eigenvalue weighted by molar-refractivity contribution is 7.19. The van der Waals surface area contributed by atoms with Crippen LogP contribution in [-0.4, -0.2) is 79.3 Å². The monoisotopic (exact) mass is 456 g/mol. The number of hydrogen-bond donors (Lipinski definition) is 0. The molecule has 32 heavy (non-hydrogen) atoms. The Labute approximate surface area is 191 Å². The molecule has 3 saturated heterocycles. The number of nitrogens with zero attached hydrogens (tertiary/aromatic N) is 6. The van der Waals surface area contributed by atoms with E-state index in [1.165, 1.54) is 11.3 Å². The number of hydrogen-bond acceptors (Lipinski definition) is 8. The van der Waals surface area contributed by atoms with E-state index in [9.17, 15) is 9.59 Å². The van der Waals surface area contributed by atoms with E-state index in [0.717, 1.165) is 55.5 Å². The Morgan fingerprint density at radius 3 is 2.62 bits per heavy atom. The van der Waals surface area contributed by atoms with E-state index in [1.54, 1.807) is 12.0 Å². The van der Waals surface area contributed by atoms with E-state index >= 15 is 0 Å². The summed E-state index contributed by atoms with van der Waals surface area (Å²) in [7, 11) is 1.67. The largest absolute Gasteiger partial charge is 0.497 e. The highest BCUT2D eigenvalue weighted by atomic mass is 32.1. The minimum atomic E-state index is -0.201. The van der Waals surface area contributed by atoms with Crippen molar-refractivity contribution < 1.29 is 14.3 Å². The van der Waals surface area contributed by atoms with Crippen molar-refractivity contribution in [1.82, 2.24) is 15.1 Å². The predicted octanol–water partition coefficient (Wildman–Crippen LogP) is 1.99. The van der Waals surface area contributed by atoms with Crippen molar-refractivity contribution >= 4 is 39.1 Å². The Bertz CT molecular complexity index is 990. The second-order valence-corrected chi connectivity index (χ2v) is 9.32. The van der Waals surface area contributed by atoms with E-state index in [0.29, 0.717) is 31.2 Å². The lowest BCUT2D eigenvalue weighted by molar-refractivity contribution is -0.132. The molecule has 2 amide bonds. The standard InChI is InChI=1S/C22H28N6O3S/c1-31-17-6-2-5-16(15-17)25-11-13-26(14-12-25)20(30)18-7-3-9-27(18)21-23-24-22(32-21)28-10-4-8-19(28)29/h2,5-6,15,18H,3-4,7-14H2,1H3. The van der Waals surface area contributed by atoms with Gasteiger partial charge >= 0.3 is 0 Å². The van der Waals surface area contributed by atoms with Crippen LogP contribution in [0.1, 0.15) is 25.7 Å². The fourth-order valence-corrected chi connectivity index (χ4v) is 5.70. The SMILES string of the molecule is COc1cccc(N2CCN(C(=O)C3CCCN3c3nnc(N4CCCC4=O)s3)CC2)c1.